The Balaban J connectivity index is 0.000000236. The number of benzene rings is 3. The molecule has 128 valence electrons. The molecule has 0 saturated carbocycles. The topological polar surface area (TPSA) is 7.12 Å². The Bertz CT molecular complexity index is 782. The van der Waals surface area contributed by atoms with Crippen LogP contribution in [-0.4, -0.2) is 0 Å². The fourth-order valence-electron chi connectivity index (χ4n) is 2.66. The lowest BCUT2D eigenvalue weighted by Gasteiger charge is -2.25. The van der Waals surface area contributed by atoms with Crippen molar-refractivity contribution >= 4 is 17.1 Å². The number of rotatable bonds is 3. The predicted molar refractivity (Wildman–Crippen MR) is 109 cm³/mol. The third-order valence-electron chi connectivity index (χ3n) is 3.91. The van der Waals surface area contributed by atoms with Crippen LogP contribution in [0.3, 0.4) is 0 Å². The molecular weight excluding hydrogens is 316 g/mol. The molecule has 0 aliphatic carbocycles. The molecule has 0 atom stereocenters. The van der Waals surface area contributed by atoms with Crippen LogP contribution in [0.25, 0.3) is 0 Å². The summed E-state index contributed by atoms with van der Waals surface area (Å²) in [6.07, 6.45) is 4.00. The minimum atomic E-state index is 1.17. The first kappa shape index (κ1) is 17.4. The molecule has 0 aliphatic rings. The van der Waals surface area contributed by atoms with Crippen LogP contribution in [0, 0.1) is 0 Å². The van der Waals surface area contributed by atoms with Crippen molar-refractivity contribution in [1.29, 1.82) is 0 Å². The van der Waals surface area contributed by atoms with E-state index in [4.69, 9.17) is 0 Å². The molecule has 0 unspecified atom stereocenters. The van der Waals surface area contributed by atoms with Gasteiger partial charge in [-0.1, -0.05) is 60.7 Å². The molecule has 0 radical (unpaired) electrons. The summed E-state index contributed by atoms with van der Waals surface area (Å²) in [5, 5.41) is 0. The Kier molecular flexibility index (Phi) is 6.16. The van der Waals surface area contributed by atoms with Crippen LogP contribution in [0.4, 0.5) is 17.1 Å². The Hall–Kier alpha value is -3.39. The van der Waals surface area contributed by atoms with Gasteiger partial charge in [0.2, 0.25) is 0 Å². The minimum Gasteiger partial charge on any atom is -0.311 e. The summed E-state index contributed by atoms with van der Waals surface area (Å²) in [7, 11) is 2.00. The van der Waals surface area contributed by atoms with Crippen LogP contribution in [0.2, 0.25) is 0 Å². The molecule has 4 rings (SSSR count). The van der Waals surface area contributed by atoms with Gasteiger partial charge in [0.1, 0.15) is 7.05 Å². The SMILES string of the molecule is C[n+]1ccccc1.c1ccc(N(c2ccccc2)c2ccccc2)cc1. The Labute approximate surface area is 155 Å². The first-order valence-corrected chi connectivity index (χ1v) is 8.70. The average molecular weight is 339 g/mol. The molecule has 3 aromatic carbocycles. The van der Waals surface area contributed by atoms with Gasteiger partial charge in [0.15, 0.2) is 12.4 Å². The van der Waals surface area contributed by atoms with E-state index in [0.717, 1.165) is 0 Å². The summed E-state index contributed by atoms with van der Waals surface area (Å²) in [5.74, 6) is 0. The lowest BCUT2D eigenvalue weighted by atomic mass is 10.2. The Morgan fingerprint density at radius 3 is 1.04 bits per heavy atom. The second-order valence-corrected chi connectivity index (χ2v) is 5.88. The zero-order valence-corrected chi connectivity index (χ0v) is 14.9. The number of aryl methyl sites for hydroxylation is 1. The van der Waals surface area contributed by atoms with E-state index in [9.17, 15) is 0 Å². The maximum absolute atomic E-state index is 2.25. The number of hydrogen-bond acceptors (Lipinski definition) is 1. The third kappa shape index (κ3) is 4.81. The molecule has 2 heteroatoms. The molecule has 0 N–H and O–H groups in total. The van der Waals surface area contributed by atoms with Crippen molar-refractivity contribution in [3.05, 3.63) is 122 Å². The van der Waals surface area contributed by atoms with Crippen molar-refractivity contribution in [1.82, 2.24) is 0 Å². The summed E-state index contributed by atoms with van der Waals surface area (Å²) >= 11 is 0. The van der Waals surface area contributed by atoms with Gasteiger partial charge in [-0.2, -0.15) is 0 Å². The zero-order chi connectivity index (χ0) is 18.0. The molecule has 0 spiro atoms. The monoisotopic (exact) mass is 339 g/mol. The van der Waals surface area contributed by atoms with Crippen LogP contribution < -0.4 is 9.47 Å². The van der Waals surface area contributed by atoms with Crippen molar-refractivity contribution in [3.8, 4) is 0 Å². The molecule has 0 bridgehead atoms. The highest BCUT2D eigenvalue weighted by molar-refractivity contribution is 5.76. The predicted octanol–water partition coefficient (Wildman–Crippen LogP) is 5.67. The number of aromatic nitrogens is 1. The number of hydrogen-bond donors (Lipinski definition) is 0. The molecule has 4 aromatic rings. The maximum Gasteiger partial charge on any atom is 0.168 e. The fourth-order valence-corrected chi connectivity index (χ4v) is 2.66. The maximum atomic E-state index is 2.25. The number of anilines is 3. The number of pyridine rings is 1. The zero-order valence-electron chi connectivity index (χ0n) is 14.9. The molecule has 0 fully saturated rings. The van der Waals surface area contributed by atoms with Crippen LogP contribution in [0.1, 0.15) is 0 Å². The van der Waals surface area contributed by atoms with E-state index >= 15 is 0 Å². The smallest absolute Gasteiger partial charge is 0.168 e. The van der Waals surface area contributed by atoms with Gasteiger partial charge in [-0.15, -0.1) is 0 Å². The van der Waals surface area contributed by atoms with E-state index < -0.39 is 0 Å². The second-order valence-electron chi connectivity index (χ2n) is 5.88. The quantitative estimate of drug-likeness (QED) is 0.436. The van der Waals surface area contributed by atoms with Crippen molar-refractivity contribution in [2.75, 3.05) is 4.90 Å². The molecule has 1 aromatic heterocycles. The average Bonchev–Trinajstić information content (AvgIpc) is 2.72. The molecular formula is C24H23N2+. The fraction of sp³-hybridized carbons (Fsp3) is 0.0417. The number of para-hydroxylation sites is 3. The van der Waals surface area contributed by atoms with Gasteiger partial charge in [-0.25, -0.2) is 4.57 Å². The summed E-state index contributed by atoms with van der Waals surface area (Å²) in [5.41, 5.74) is 3.50. The summed E-state index contributed by atoms with van der Waals surface area (Å²) in [6.45, 7) is 0. The summed E-state index contributed by atoms with van der Waals surface area (Å²) in [4.78, 5) is 2.25. The molecule has 26 heavy (non-hydrogen) atoms. The van der Waals surface area contributed by atoms with Crippen LogP contribution >= 0.6 is 0 Å². The highest BCUT2D eigenvalue weighted by Gasteiger charge is 2.10. The second kappa shape index (κ2) is 9.19. The normalized spacial score (nSPS) is 9.73. The van der Waals surface area contributed by atoms with Crippen molar-refractivity contribution in [3.63, 3.8) is 0 Å². The molecule has 0 saturated heterocycles. The van der Waals surface area contributed by atoms with Crippen molar-refractivity contribution < 1.29 is 4.57 Å². The summed E-state index contributed by atoms with van der Waals surface area (Å²) in [6, 6.07) is 37.3. The van der Waals surface area contributed by atoms with E-state index in [-0.39, 0.29) is 0 Å². The Morgan fingerprint density at radius 2 is 0.769 bits per heavy atom. The van der Waals surface area contributed by atoms with Crippen LogP contribution in [0.5, 0.6) is 0 Å². The standard InChI is InChI=1S/C18H15N.C6H8N/c1-4-10-16(11-5-1)19(17-12-6-2-7-13-17)18-14-8-3-9-15-18;1-7-5-3-2-4-6-7/h1-15H;2-6H,1H3/q;+1. The largest absolute Gasteiger partial charge is 0.311 e. The lowest BCUT2D eigenvalue weighted by molar-refractivity contribution is -0.671. The third-order valence-corrected chi connectivity index (χ3v) is 3.91. The first-order valence-electron chi connectivity index (χ1n) is 8.70. The summed E-state index contributed by atoms with van der Waals surface area (Å²) < 4.78 is 2.00. The van der Waals surface area contributed by atoms with E-state index in [1.165, 1.54) is 17.1 Å². The molecule has 0 amide bonds. The van der Waals surface area contributed by atoms with Gasteiger partial charge in [0, 0.05) is 29.2 Å². The van der Waals surface area contributed by atoms with Gasteiger partial charge < -0.3 is 4.90 Å². The minimum absolute atomic E-state index is 1.17. The van der Waals surface area contributed by atoms with E-state index in [1.54, 1.807) is 0 Å². The van der Waals surface area contributed by atoms with E-state index in [2.05, 4.69) is 77.7 Å². The van der Waals surface area contributed by atoms with E-state index in [0.29, 0.717) is 0 Å². The van der Waals surface area contributed by atoms with Crippen molar-refractivity contribution in [2.24, 2.45) is 7.05 Å². The highest BCUT2D eigenvalue weighted by Crippen LogP contribution is 2.33. The van der Waals surface area contributed by atoms with E-state index in [1.807, 2.05) is 60.4 Å². The van der Waals surface area contributed by atoms with Gasteiger partial charge in [-0.3, -0.25) is 0 Å². The molecule has 0 aliphatic heterocycles. The van der Waals surface area contributed by atoms with Gasteiger partial charge in [0.25, 0.3) is 0 Å². The van der Waals surface area contributed by atoms with Crippen LogP contribution in [-0.2, 0) is 7.05 Å². The Morgan fingerprint density at radius 1 is 0.462 bits per heavy atom. The highest BCUT2D eigenvalue weighted by atomic mass is 15.1. The number of nitrogens with zero attached hydrogens (tertiary/aromatic N) is 2. The first-order chi connectivity index (χ1) is 12.8. The van der Waals surface area contributed by atoms with Gasteiger partial charge in [-0.05, 0) is 36.4 Å². The van der Waals surface area contributed by atoms with Crippen LogP contribution in [0.15, 0.2) is 122 Å². The van der Waals surface area contributed by atoms with Crippen molar-refractivity contribution in [2.45, 2.75) is 0 Å². The lowest BCUT2D eigenvalue weighted by Crippen LogP contribution is -2.25. The van der Waals surface area contributed by atoms with Gasteiger partial charge >= 0.3 is 0 Å². The van der Waals surface area contributed by atoms with Gasteiger partial charge in [0.05, 0.1) is 0 Å². The molecule has 1 heterocycles. The molecule has 2 nitrogen and oxygen atoms in total.